The third-order valence-electron chi connectivity index (χ3n) is 1.24. The molecule has 74 valence electrons. The van der Waals surface area contributed by atoms with Crippen LogP contribution in [0, 0.1) is 0 Å². The maximum absolute atomic E-state index is 12.2. The van der Waals surface area contributed by atoms with Crippen molar-refractivity contribution in [3.05, 3.63) is 0 Å². The lowest BCUT2D eigenvalue weighted by Gasteiger charge is -2.35. The highest BCUT2D eigenvalue weighted by Crippen LogP contribution is 2.35. The maximum Gasteiger partial charge on any atom is 0.416 e. The fourth-order valence-corrected chi connectivity index (χ4v) is 0.823. The van der Waals surface area contributed by atoms with Crippen molar-refractivity contribution in [2.45, 2.75) is 52.0 Å². The van der Waals surface area contributed by atoms with Gasteiger partial charge in [-0.3, -0.25) is 0 Å². The lowest BCUT2D eigenvalue weighted by atomic mass is 10.1. The molecule has 1 nitrogen and oxygen atoms in total. The predicted octanol–water partition coefficient (Wildman–Crippen LogP) is 3.14. The Morgan fingerprint density at radius 1 is 0.833 bits per heavy atom. The van der Waals surface area contributed by atoms with Crippen LogP contribution in [0.3, 0.4) is 0 Å². The van der Waals surface area contributed by atoms with E-state index in [1.54, 1.807) is 20.8 Å². The highest BCUT2D eigenvalue weighted by molar-refractivity contribution is 4.81. The zero-order valence-electron chi connectivity index (χ0n) is 8.04. The van der Waals surface area contributed by atoms with Gasteiger partial charge in [-0.25, -0.2) is 0 Å². The molecule has 0 aliphatic heterocycles. The molecule has 0 radical (unpaired) electrons. The zero-order valence-corrected chi connectivity index (χ0v) is 8.04. The van der Waals surface area contributed by atoms with Gasteiger partial charge in [0.2, 0.25) is 0 Å². The first-order chi connectivity index (χ1) is 4.96. The zero-order chi connectivity index (χ0) is 10.2. The van der Waals surface area contributed by atoms with E-state index in [0.29, 0.717) is 0 Å². The molecule has 0 aromatic heterocycles. The summed E-state index contributed by atoms with van der Waals surface area (Å²) >= 11 is 0. The number of halogens is 3. The highest BCUT2D eigenvalue weighted by atomic mass is 19.4. The summed E-state index contributed by atoms with van der Waals surface area (Å²) < 4.78 is 41.6. The summed E-state index contributed by atoms with van der Waals surface area (Å²) in [6, 6.07) is 0. The fraction of sp³-hybridized carbons (Fsp3) is 1.00. The van der Waals surface area contributed by atoms with E-state index < -0.39 is 17.4 Å². The molecule has 0 heterocycles. The molecule has 0 fully saturated rings. The van der Waals surface area contributed by atoms with Crippen LogP contribution >= 0.6 is 0 Å². The number of rotatable bonds is 1. The van der Waals surface area contributed by atoms with Gasteiger partial charge in [-0.15, -0.1) is 0 Å². The van der Waals surface area contributed by atoms with Gasteiger partial charge < -0.3 is 4.74 Å². The Morgan fingerprint density at radius 3 is 1.25 bits per heavy atom. The van der Waals surface area contributed by atoms with Crippen LogP contribution in [-0.4, -0.2) is 17.4 Å². The molecule has 12 heavy (non-hydrogen) atoms. The highest BCUT2D eigenvalue weighted by Gasteiger charge is 2.50. The van der Waals surface area contributed by atoms with Crippen LogP contribution in [0.4, 0.5) is 13.2 Å². The van der Waals surface area contributed by atoms with Gasteiger partial charge in [0.1, 0.15) is 0 Å². The van der Waals surface area contributed by atoms with E-state index in [2.05, 4.69) is 0 Å². The van der Waals surface area contributed by atoms with E-state index in [-0.39, 0.29) is 0 Å². The second-order valence-electron chi connectivity index (χ2n) is 4.22. The van der Waals surface area contributed by atoms with Crippen molar-refractivity contribution < 1.29 is 17.9 Å². The molecule has 0 spiro atoms. The summed E-state index contributed by atoms with van der Waals surface area (Å²) in [6.45, 7) is 6.85. The molecule has 0 aromatic rings. The number of alkyl halides is 3. The largest absolute Gasteiger partial charge is 0.416 e. The second kappa shape index (κ2) is 2.91. The van der Waals surface area contributed by atoms with E-state index in [9.17, 15) is 13.2 Å². The van der Waals surface area contributed by atoms with Crippen molar-refractivity contribution in [3.8, 4) is 0 Å². The van der Waals surface area contributed by atoms with E-state index >= 15 is 0 Å². The van der Waals surface area contributed by atoms with Gasteiger partial charge in [-0.1, -0.05) is 0 Å². The van der Waals surface area contributed by atoms with Gasteiger partial charge in [0.15, 0.2) is 5.60 Å². The van der Waals surface area contributed by atoms with E-state index in [1.807, 2.05) is 0 Å². The molecule has 0 saturated heterocycles. The first-order valence-electron chi connectivity index (χ1n) is 3.73. The molecular formula is C8H15F3O. The SMILES string of the molecule is CC(C)(C)OC(C)(C)C(F)(F)F. The first kappa shape index (κ1) is 11.8. The van der Waals surface area contributed by atoms with Gasteiger partial charge in [-0.05, 0) is 34.6 Å². The molecule has 0 aromatic carbocycles. The van der Waals surface area contributed by atoms with Gasteiger partial charge >= 0.3 is 6.18 Å². The van der Waals surface area contributed by atoms with Crippen LogP contribution in [0.5, 0.6) is 0 Å². The Kier molecular flexibility index (Phi) is 2.85. The average Bonchev–Trinajstić information content (AvgIpc) is 1.52. The Bertz CT molecular complexity index is 153. The van der Waals surface area contributed by atoms with Crippen LogP contribution in [0.15, 0.2) is 0 Å². The van der Waals surface area contributed by atoms with E-state index in [1.165, 1.54) is 0 Å². The van der Waals surface area contributed by atoms with Crippen molar-refractivity contribution in [2.75, 3.05) is 0 Å². The predicted molar refractivity (Wildman–Crippen MR) is 41.0 cm³/mol. The summed E-state index contributed by atoms with van der Waals surface area (Å²) in [7, 11) is 0. The molecule has 0 amide bonds. The lowest BCUT2D eigenvalue weighted by Crippen LogP contribution is -2.46. The third kappa shape index (κ3) is 3.43. The van der Waals surface area contributed by atoms with Crippen molar-refractivity contribution in [1.29, 1.82) is 0 Å². The number of ether oxygens (including phenoxy) is 1. The standard InChI is InChI=1S/C8H15F3O/c1-6(2,3)12-7(4,5)8(9,10)11/h1-5H3. The molecule has 0 unspecified atom stereocenters. The lowest BCUT2D eigenvalue weighted by molar-refractivity contribution is -0.289. The molecule has 0 bridgehead atoms. The Morgan fingerprint density at radius 2 is 1.17 bits per heavy atom. The van der Waals surface area contributed by atoms with Crippen molar-refractivity contribution in [1.82, 2.24) is 0 Å². The molecule has 0 atom stereocenters. The van der Waals surface area contributed by atoms with Crippen molar-refractivity contribution in [2.24, 2.45) is 0 Å². The normalized spacial score (nSPS) is 15.0. The summed E-state index contributed by atoms with van der Waals surface area (Å²) in [4.78, 5) is 0. The second-order valence-corrected chi connectivity index (χ2v) is 4.22. The summed E-state index contributed by atoms with van der Waals surface area (Å²) in [6.07, 6.45) is -4.32. The third-order valence-corrected chi connectivity index (χ3v) is 1.24. The van der Waals surface area contributed by atoms with E-state index in [4.69, 9.17) is 4.74 Å². The van der Waals surface area contributed by atoms with Gasteiger partial charge in [-0.2, -0.15) is 13.2 Å². The number of hydrogen-bond acceptors (Lipinski definition) is 1. The quantitative estimate of drug-likeness (QED) is 0.608. The summed E-state index contributed by atoms with van der Waals surface area (Å²) in [5, 5.41) is 0. The Hall–Kier alpha value is -0.250. The van der Waals surface area contributed by atoms with Crippen LogP contribution < -0.4 is 0 Å². The monoisotopic (exact) mass is 184 g/mol. The van der Waals surface area contributed by atoms with Crippen LogP contribution in [0.25, 0.3) is 0 Å². The molecular weight excluding hydrogens is 169 g/mol. The fourth-order valence-electron chi connectivity index (χ4n) is 0.823. The van der Waals surface area contributed by atoms with Crippen molar-refractivity contribution >= 4 is 0 Å². The van der Waals surface area contributed by atoms with Gasteiger partial charge in [0, 0.05) is 0 Å². The molecule has 4 heteroatoms. The Balaban J connectivity index is 4.44. The molecule has 0 saturated carbocycles. The summed E-state index contributed by atoms with van der Waals surface area (Å²) in [5.74, 6) is 0. The van der Waals surface area contributed by atoms with Gasteiger partial charge in [0.25, 0.3) is 0 Å². The number of hydrogen-bond donors (Lipinski definition) is 0. The van der Waals surface area contributed by atoms with Crippen molar-refractivity contribution in [3.63, 3.8) is 0 Å². The van der Waals surface area contributed by atoms with Gasteiger partial charge in [0.05, 0.1) is 5.60 Å². The topological polar surface area (TPSA) is 9.23 Å². The smallest absolute Gasteiger partial charge is 0.361 e. The molecule has 0 N–H and O–H groups in total. The van der Waals surface area contributed by atoms with Crippen LogP contribution in [0.1, 0.15) is 34.6 Å². The van der Waals surface area contributed by atoms with E-state index in [0.717, 1.165) is 13.8 Å². The summed E-state index contributed by atoms with van der Waals surface area (Å²) in [5.41, 5.74) is -2.86. The molecule has 0 aliphatic rings. The molecule has 0 rings (SSSR count). The maximum atomic E-state index is 12.2. The Labute approximate surface area is 70.9 Å². The average molecular weight is 184 g/mol. The minimum atomic E-state index is -4.32. The van der Waals surface area contributed by atoms with Crippen LogP contribution in [0.2, 0.25) is 0 Å². The molecule has 0 aliphatic carbocycles. The van der Waals surface area contributed by atoms with Crippen LogP contribution in [-0.2, 0) is 4.74 Å². The minimum absolute atomic E-state index is 0.779. The first-order valence-corrected chi connectivity index (χ1v) is 3.73. The minimum Gasteiger partial charge on any atom is -0.361 e.